The molecule has 3 aromatic carbocycles. The van der Waals surface area contributed by atoms with Gasteiger partial charge in [0, 0.05) is 51.3 Å². The van der Waals surface area contributed by atoms with Crippen LogP contribution in [0.5, 0.6) is 23.0 Å². The summed E-state index contributed by atoms with van der Waals surface area (Å²) in [4.78, 5) is 25.4. The van der Waals surface area contributed by atoms with Crippen molar-refractivity contribution in [3.8, 4) is 29.1 Å². The van der Waals surface area contributed by atoms with Crippen LogP contribution in [0.4, 0.5) is 5.95 Å². The maximum absolute atomic E-state index is 13.7. The fourth-order valence-corrected chi connectivity index (χ4v) is 6.50. The first-order chi connectivity index (χ1) is 23.4. The summed E-state index contributed by atoms with van der Waals surface area (Å²) in [5, 5.41) is 9.29. The molecular formula is C37H46N6O5. The number of hydrogen-bond acceptors (Lipinski definition) is 9. The van der Waals surface area contributed by atoms with Gasteiger partial charge >= 0.3 is 0 Å². The SMILES string of the molecule is COc1ccc(C(CCN2CCCN(c3nc4ccccc4n3CCC#N)CC2)CN(C)C(=O)c2cc(OC)c(OC)c(OC)c2)cc1. The number of hydrogen-bond donors (Lipinski definition) is 0. The number of likely N-dealkylation sites (N-methyl/N-ethyl adjacent to an activating group) is 1. The topological polar surface area (TPSA) is 105 Å². The van der Waals surface area contributed by atoms with E-state index in [2.05, 4.69) is 38.6 Å². The van der Waals surface area contributed by atoms with Gasteiger partial charge in [0.15, 0.2) is 11.5 Å². The Kier molecular flexibility index (Phi) is 11.6. The Bertz CT molecular complexity index is 1690. The predicted molar refractivity (Wildman–Crippen MR) is 187 cm³/mol. The lowest BCUT2D eigenvalue weighted by Gasteiger charge is -2.28. The van der Waals surface area contributed by atoms with Crippen LogP contribution in [0.15, 0.2) is 60.7 Å². The van der Waals surface area contributed by atoms with Crippen LogP contribution >= 0.6 is 0 Å². The lowest BCUT2D eigenvalue weighted by atomic mass is 9.94. The number of carbonyl (C=O) groups excluding carboxylic acids is 1. The van der Waals surface area contributed by atoms with E-state index in [1.54, 1.807) is 45.5 Å². The van der Waals surface area contributed by atoms with Crippen molar-refractivity contribution in [2.24, 2.45) is 0 Å². The highest BCUT2D eigenvalue weighted by Crippen LogP contribution is 2.38. The summed E-state index contributed by atoms with van der Waals surface area (Å²) < 4.78 is 24.1. The average molecular weight is 655 g/mol. The summed E-state index contributed by atoms with van der Waals surface area (Å²) in [5.74, 6) is 3.04. The summed E-state index contributed by atoms with van der Waals surface area (Å²) in [7, 11) is 8.13. The molecule has 1 aromatic heterocycles. The van der Waals surface area contributed by atoms with E-state index in [1.807, 2.05) is 37.4 Å². The quantitative estimate of drug-likeness (QED) is 0.176. The Morgan fingerprint density at radius 2 is 1.65 bits per heavy atom. The van der Waals surface area contributed by atoms with Crippen LogP contribution in [0.2, 0.25) is 0 Å². The van der Waals surface area contributed by atoms with Crippen molar-refractivity contribution in [3.05, 3.63) is 71.8 Å². The Morgan fingerprint density at radius 1 is 0.917 bits per heavy atom. The number of imidazole rings is 1. The minimum Gasteiger partial charge on any atom is -0.497 e. The van der Waals surface area contributed by atoms with Gasteiger partial charge in [-0.05, 0) is 67.9 Å². The lowest BCUT2D eigenvalue weighted by Crippen LogP contribution is -2.35. The van der Waals surface area contributed by atoms with Gasteiger partial charge in [0.1, 0.15) is 5.75 Å². The first-order valence-corrected chi connectivity index (χ1v) is 16.4. The second kappa shape index (κ2) is 16.2. The maximum Gasteiger partial charge on any atom is 0.253 e. The van der Waals surface area contributed by atoms with Crippen LogP contribution in [0.25, 0.3) is 11.0 Å². The number of amides is 1. The number of methoxy groups -OCH3 is 4. The summed E-state index contributed by atoms with van der Waals surface area (Å²) in [6.07, 6.45) is 2.32. The van der Waals surface area contributed by atoms with Gasteiger partial charge in [0.2, 0.25) is 11.7 Å². The molecule has 1 aliphatic rings. The molecule has 11 nitrogen and oxygen atoms in total. The van der Waals surface area contributed by atoms with Crippen molar-refractivity contribution in [2.75, 3.05) is 79.7 Å². The molecule has 0 aliphatic carbocycles. The number of nitriles is 1. The van der Waals surface area contributed by atoms with Gasteiger partial charge in [-0.3, -0.25) is 4.79 Å². The highest BCUT2D eigenvalue weighted by Gasteiger charge is 2.25. The minimum atomic E-state index is -0.127. The molecule has 0 radical (unpaired) electrons. The summed E-state index contributed by atoms with van der Waals surface area (Å²) >= 11 is 0. The molecule has 48 heavy (non-hydrogen) atoms. The molecule has 0 saturated carbocycles. The number of benzene rings is 3. The van der Waals surface area contributed by atoms with E-state index in [-0.39, 0.29) is 11.8 Å². The monoisotopic (exact) mass is 654 g/mol. The molecule has 11 heteroatoms. The molecule has 4 aromatic rings. The third kappa shape index (κ3) is 7.77. The molecule has 1 atom stereocenters. The van der Waals surface area contributed by atoms with E-state index >= 15 is 0 Å². The second-order valence-corrected chi connectivity index (χ2v) is 12.0. The molecule has 1 amide bonds. The van der Waals surface area contributed by atoms with Gasteiger partial charge in [-0.15, -0.1) is 0 Å². The van der Waals surface area contributed by atoms with Crippen LogP contribution in [0.3, 0.4) is 0 Å². The highest BCUT2D eigenvalue weighted by molar-refractivity contribution is 5.95. The number of para-hydroxylation sites is 2. The van der Waals surface area contributed by atoms with Gasteiger partial charge in [-0.2, -0.15) is 5.26 Å². The van der Waals surface area contributed by atoms with E-state index in [0.29, 0.717) is 42.3 Å². The molecule has 1 unspecified atom stereocenters. The maximum atomic E-state index is 13.7. The molecule has 1 aliphatic heterocycles. The predicted octanol–water partition coefficient (Wildman–Crippen LogP) is 5.44. The van der Waals surface area contributed by atoms with E-state index in [1.165, 1.54) is 0 Å². The first kappa shape index (κ1) is 34.4. The lowest BCUT2D eigenvalue weighted by molar-refractivity contribution is 0.0782. The van der Waals surface area contributed by atoms with Crippen molar-refractivity contribution in [1.29, 1.82) is 5.26 Å². The van der Waals surface area contributed by atoms with Gasteiger partial charge in [0.05, 0.1) is 52.0 Å². The summed E-state index contributed by atoms with van der Waals surface area (Å²) in [6, 6.07) is 22.0. The van der Waals surface area contributed by atoms with Crippen molar-refractivity contribution >= 4 is 22.9 Å². The zero-order valence-electron chi connectivity index (χ0n) is 28.6. The van der Waals surface area contributed by atoms with Crippen molar-refractivity contribution in [1.82, 2.24) is 19.4 Å². The van der Waals surface area contributed by atoms with Crippen LogP contribution < -0.4 is 23.8 Å². The number of fused-ring (bicyclic) bond motifs is 1. The van der Waals surface area contributed by atoms with E-state index < -0.39 is 0 Å². The third-order valence-corrected chi connectivity index (χ3v) is 9.09. The van der Waals surface area contributed by atoms with Crippen molar-refractivity contribution in [3.63, 3.8) is 0 Å². The summed E-state index contributed by atoms with van der Waals surface area (Å²) in [6.45, 7) is 5.68. The fraction of sp³-hybridized carbons (Fsp3) is 0.432. The zero-order valence-corrected chi connectivity index (χ0v) is 28.6. The van der Waals surface area contributed by atoms with Crippen LogP contribution in [-0.2, 0) is 6.54 Å². The van der Waals surface area contributed by atoms with Crippen LogP contribution in [0.1, 0.15) is 41.1 Å². The molecule has 5 rings (SSSR count). The molecule has 254 valence electrons. The third-order valence-electron chi connectivity index (χ3n) is 9.09. The Labute approximate surface area is 283 Å². The molecule has 0 spiro atoms. The number of anilines is 1. The van der Waals surface area contributed by atoms with Crippen LogP contribution in [0, 0.1) is 11.3 Å². The number of ether oxygens (including phenoxy) is 4. The summed E-state index contributed by atoms with van der Waals surface area (Å²) in [5.41, 5.74) is 3.65. The van der Waals surface area contributed by atoms with Gasteiger partial charge in [-0.1, -0.05) is 24.3 Å². The normalized spacial score (nSPS) is 14.2. The van der Waals surface area contributed by atoms with Gasteiger partial charge in [0.25, 0.3) is 5.91 Å². The number of aryl methyl sites for hydroxylation is 1. The largest absolute Gasteiger partial charge is 0.497 e. The molecule has 2 heterocycles. The number of carbonyl (C=O) groups is 1. The first-order valence-electron chi connectivity index (χ1n) is 16.4. The Balaban J connectivity index is 1.30. The number of nitrogens with zero attached hydrogens (tertiary/aromatic N) is 6. The van der Waals surface area contributed by atoms with Gasteiger partial charge in [-0.25, -0.2) is 4.98 Å². The number of rotatable bonds is 14. The second-order valence-electron chi connectivity index (χ2n) is 12.0. The Hall–Kier alpha value is -4.95. The minimum absolute atomic E-state index is 0.0985. The molecule has 1 fully saturated rings. The Morgan fingerprint density at radius 3 is 2.31 bits per heavy atom. The van der Waals surface area contributed by atoms with E-state index in [0.717, 1.165) is 73.9 Å². The standard InChI is InChI=1S/C37H46N6O5/c1-40(36(44)29-24-33(46-3)35(48-5)34(25-29)47-4)26-28(27-12-14-30(45-2)15-13-27)16-21-41-18-9-19-42(23-22-41)37-39-31-10-6-7-11-32(31)43(37)20-8-17-38/h6-7,10-15,24-25,28H,8-9,16,18-23,26H2,1-5H3. The van der Waals surface area contributed by atoms with Gasteiger partial charge < -0.3 is 38.2 Å². The zero-order chi connectivity index (χ0) is 34.0. The van der Waals surface area contributed by atoms with E-state index in [9.17, 15) is 10.1 Å². The highest BCUT2D eigenvalue weighted by atomic mass is 16.5. The smallest absolute Gasteiger partial charge is 0.253 e. The van der Waals surface area contributed by atoms with Crippen LogP contribution in [-0.4, -0.2) is 100 Å². The fourth-order valence-electron chi connectivity index (χ4n) is 6.50. The molecule has 0 N–H and O–H groups in total. The average Bonchev–Trinajstić information content (AvgIpc) is 3.32. The molecular weight excluding hydrogens is 608 g/mol. The molecule has 0 bridgehead atoms. The van der Waals surface area contributed by atoms with Crippen molar-refractivity contribution in [2.45, 2.75) is 31.7 Å². The number of aromatic nitrogens is 2. The van der Waals surface area contributed by atoms with Crippen molar-refractivity contribution < 1.29 is 23.7 Å². The van der Waals surface area contributed by atoms with E-state index in [4.69, 9.17) is 23.9 Å². The molecule has 1 saturated heterocycles.